The second kappa shape index (κ2) is 7.46. The van der Waals surface area contributed by atoms with Gasteiger partial charge in [-0.1, -0.05) is 32.9 Å². The Morgan fingerprint density at radius 1 is 1.38 bits per heavy atom. The van der Waals surface area contributed by atoms with Gasteiger partial charge in [-0.25, -0.2) is 0 Å². The van der Waals surface area contributed by atoms with Gasteiger partial charge in [0.15, 0.2) is 6.61 Å². The summed E-state index contributed by atoms with van der Waals surface area (Å²) in [5.74, 6) is 1.67. The molecule has 1 aliphatic heterocycles. The average molecular weight is 290 g/mol. The Labute approximate surface area is 127 Å². The maximum Gasteiger partial charge on any atom is 0.258 e. The molecule has 1 fully saturated rings. The summed E-state index contributed by atoms with van der Waals surface area (Å²) >= 11 is 0. The predicted molar refractivity (Wildman–Crippen MR) is 84.6 cm³/mol. The Hall–Kier alpha value is -1.55. The summed E-state index contributed by atoms with van der Waals surface area (Å²) in [7, 11) is 0. The van der Waals surface area contributed by atoms with Crippen LogP contribution >= 0.6 is 0 Å². The fourth-order valence-electron chi connectivity index (χ4n) is 2.57. The molecule has 0 bridgehead atoms. The molecule has 1 aromatic rings. The van der Waals surface area contributed by atoms with Crippen LogP contribution in [-0.2, 0) is 4.79 Å². The number of ether oxygens (including phenoxy) is 1. The van der Waals surface area contributed by atoms with Gasteiger partial charge in [0.25, 0.3) is 5.91 Å². The largest absolute Gasteiger partial charge is 0.484 e. The number of hydrogen-bond donors (Lipinski definition) is 2. The summed E-state index contributed by atoms with van der Waals surface area (Å²) in [6.07, 6.45) is 0.982. The highest BCUT2D eigenvalue weighted by Gasteiger charge is 2.22. The third kappa shape index (κ3) is 4.74. The number of carbonyl (C=O) groups excluding carboxylic acids is 1. The van der Waals surface area contributed by atoms with E-state index in [1.54, 1.807) is 0 Å². The third-order valence-electron chi connectivity index (χ3n) is 4.05. The van der Waals surface area contributed by atoms with Gasteiger partial charge in [0.2, 0.25) is 0 Å². The van der Waals surface area contributed by atoms with Crippen molar-refractivity contribution in [1.29, 1.82) is 0 Å². The van der Waals surface area contributed by atoms with Crippen LogP contribution in [0.2, 0.25) is 0 Å². The number of rotatable bonds is 5. The fourth-order valence-corrected chi connectivity index (χ4v) is 2.57. The van der Waals surface area contributed by atoms with Crippen molar-refractivity contribution in [3.63, 3.8) is 0 Å². The van der Waals surface area contributed by atoms with E-state index >= 15 is 0 Å². The number of nitrogens with one attached hydrogen (secondary N) is 2. The highest BCUT2D eigenvalue weighted by atomic mass is 16.5. The van der Waals surface area contributed by atoms with Gasteiger partial charge >= 0.3 is 0 Å². The van der Waals surface area contributed by atoms with Gasteiger partial charge in [-0.15, -0.1) is 0 Å². The van der Waals surface area contributed by atoms with Crippen LogP contribution in [0.3, 0.4) is 0 Å². The molecular weight excluding hydrogens is 264 g/mol. The Bertz CT molecular complexity index is 456. The number of piperidine rings is 1. The molecule has 1 saturated heterocycles. The van der Waals surface area contributed by atoms with Crippen molar-refractivity contribution in [2.75, 3.05) is 19.7 Å². The van der Waals surface area contributed by atoms with Crippen molar-refractivity contribution in [3.05, 3.63) is 29.8 Å². The molecule has 0 aliphatic carbocycles. The Morgan fingerprint density at radius 2 is 2.10 bits per heavy atom. The van der Waals surface area contributed by atoms with Crippen molar-refractivity contribution in [2.24, 2.45) is 5.92 Å². The lowest BCUT2D eigenvalue weighted by Gasteiger charge is -2.30. The average Bonchev–Trinajstić information content (AvgIpc) is 2.48. The molecule has 4 heteroatoms. The number of benzene rings is 1. The van der Waals surface area contributed by atoms with Crippen LogP contribution in [0.5, 0.6) is 5.75 Å². The highest BCUT2D eigenvalue weighted by Crippen LogP contribution is 2.18. The molecular formula is C17H26N2O2. The number of amides is 1. The van der Waals surface area contributed by atoms with E-state index in [-0.39, 0.29) is 18.6 Å². The minimum atomic E-state index is -0.0401. The van der Waals surface area contributed by atoms with E-state index in [2.05, 4.69) is 31.4 Å². The molecule has 2 unspecified atom stereocenters. The predicted octanol–water partition coefficient (Wildman–Crippen LogP) is 2.30. The van der Waals surface area contributed by atoms with Gasteiger partial charge in [-0.2, -0.15) is 0 Å². The smallest absolute Gasteiger partial charge is 0.258 e. The summed E-state index contributed by atoms with van der Waals surface area (Å²) < 4.78 is 5.55. The lowest BCUT2D eigenvalue weighted by Crippen LogP contribution is -2.49. The van der Waals surface area contributed by atoms with Gasteiger partial charge in [-0.05, 0) is 49.0 Å². The zero-order valence-electron chi connectivity index (χ0n) is 13.2. The first-order chi connectivity index (χ1) is 10.1. The van der Waals surface area contributed by atoms with E-state index < -0.39 is 0 Å². The molecule has 2 atom stereocenters. The minimum Gasteiger partial charge on any atom is -0.484 e. The van der Waals surface area contributed by atoms with Crippen LogP contribution in [0.1, 0.15) is 38.7 Å². The van der Waals surface area contributed by atoms with Crippen molar-refractivity contribution in [1.82, 2.24) is 10.6 Å². The summed E-state index contributed by atoms with van der Waals surface area (Å²) in [5, 5.41) is 6.39. The number of hydrogen-bond acceptors (Lipinski definition) is 3. The molecule has 0 radical (unpaired) electrons. The van der Waals surface area contributed by atoms with E-state index in [0.717, 1.165) is 25.3 Å². The SMILES string of the molecule is CC(C)c1ccc(OCC(=O)NC2CCNCC2C)cc1. The zero-order valence-corrected chi connectivity index (χ0v) is 13.2. The molecule has 1 amide bonds. The quantitative estimate of drug-likeness (QED) is 0.875. The van der Waals surface area contributed by atoms with E-state index in [4.69, 9.17) is 4.74 Å². The van der Waals surface area contributed by atoms with Crippen molar-refractivity contribution < 1.29 is 9.53 Å². The second-order valence-corrected chi connectivity index (χ2v) is 6.16. The van der Waals surface area contributed by atoms with Crippen molar-refractivity contribution >= 4 is 5.91 Å². The topological polar surface area (TPSA) is 50.4 Å². The second-order valence-electron chi connectivity index (χ2n) is 6.16. The van der Waals surface area contributed by atoms with Crippen LogP contribution in [0, 0.1) is 5.92 Å². The maximum absolute atomic E-state index is 11.9. The molecule has 21 heavy (non-hydrogen) atoms. The fraction of sp³-hybridized carbons (Fsp3) is 0.588. The summed E-state index contributed by atoms with van der Waals surface area (Å²) in [6.45, 7) is 8.47. The Kier molecular flexibility index (Phi) is 5.62. The Morgan fingerprint density at radius 3 is 2.71 bits per heavy atom. The van der Waals surface area contributed by atoms with Crippen LogP contribution in [0.4, 0.5) is 0 Å². The van der Waals surface area contributed by atoms with Crippen LogP contribution < -0.4 is 15.4 Å². The van der Waals surface area contributed by atoms with Crippen molar-refractivity contribution in [2.45, 2.75) is 39.2 Å². The molecule has 1 aliphatic rings. The first-order valence-electron chi connectivity index (χ1n) is 7.79. The molecule has 1 aromatic carbocycles. The van der Waals surface area contributed by atoms with Crippen LogP contribution in [0.25, 0.3) is 0 Å². The van der Waals surface area contributed by atoms with Gasteiger partial charge < -0.3 is 15.4 Å². The minimum absolute atomic E-state index is 0.0401. The highest BCUT2D eigenvalue weighted by molar-refractivity contribution is 5.77. The third-order valence-corrected chi connectivity index (χ3v) is 4.05. The maximum atomic E-state index is 11.9. The number of carbonyl (C=O) groups is 1. The molecule has 4 nitrogen and oxygen atoms in total. The monoisotopic (exact) mass is 290 g/mol. The summed E-state index contributed by atoms with van der Waals surface area (Å²) in [5.41, 5.74) is 1.27. The summed E-state index contributed by atoms with van der Waals surface area (Å²) in [4.78, 5) is 11.9. The van der Waals surface area contributed by atoms with E-state index in [1.807, 2.05) is 24.3 Å². The molecule has 0 spiro atoms. The lowest BCUT2D eigenvalue weighted by atomic mass is 9.95. The van der Waals surface area contributed by atoms with Crippen molar-refractivity contribution in [3.8, 4) is 5.75 Å². The molecule has 2 rings (SSSR count). The van der Waals surface area contributed by atoms with Crippen LogP contribution in [0.15, 0.2) is 24.3 Å². The molecule has 2 N–H and O–H groups in total. The van der Waals surface area contributed by atoms with Crippen LogP contribution in [-0.4, -0.2) is 31.6 Å². The molecule has 116 valence electrons. The molecule has 0 saturated carbocycles. The first kappa shape index (κ1) is 15.8. The molecule has 0 aromatic heterocycles. The standard InChI is InChI=1S/C17H26N2O2/c1-12(2)14-4-6-15(7-5-14)21-11-17(20)19-16-8-9-18-10-13(16)3/h4-7,12-13,16,18H,8-11H2,1-3H3,(H,19,20). The molecule has 1 heterocycles. The van der Waals surface area contributed by atoms with Gasteiger partial charge in [0.1, 0.15) is 5.75 Å². The van der Waals surface area contributed by atoms with Gasteiger partial charge in [0, 0.05) is 6.04 Å². The van der Waals surface area contributed by atoms with E-state index in [0.29, 0.717) is 11.8 Å². The lowest BCUT2D eigenvalue weighted by molar-refractivity contribution is -0.124. The van der Waals surface area contributed by atoms with Gasteiger partial charge in [0.05, 0.1) is 0 Å². The van der Waals surface area contributed by atoms with Gasteiger partial charge in [-0.3, -0.25) is 4.79 Å². The Balaban J connectivity index is 1.78. The summed E-state index contributed by atoms with van der Waals surface area (Å²) in [6, 6.07) is 8.20. The zero-order chi connectivity index (χ0) is 15.2. The first-order valence-corrected chi connectivity index (χ1v) is 7.79. The normalized spacial score (nSPS) is 22.1. The van der Waals surface area contributed by atoms with E-state index in [1.165, 1.54) is 5.56 Å². The van der Waals surface area contributed by atoms with E-state index in [9.17, 15) is 4.79 Å².